The summed E-state index contributed by atoms with van der Waals surface area (Å²) < 4.78 is 252. The fourth-order valence-corrected chi connectivity index (χ4v) is 4.46. The summed E-state index contributed by atoms with van der Waals surface area (Å²) in [6.07, 6.45) is -17.4. The van der Waals surface area contributed by atoms with Gasteiger partial charge in [-0.1, -0.05) is 30.3 Å². The number of hydrogen-bond donors (Lipinski definition) is 0. The summed E-state index contributed by atoms with van der Waals surface area (Å²) in [7, 11) is -6.35. The van der Waals surface area contributed by atoms with Gasteiger partial charge in [0.25, 0.3) is 0 Å². The van der Waals surface area contributed by atoms with E-state index in [0.717, 1.165) is 12.1 Å². The molecule has 0 atom stereocenters. The maximum Gasteiger partial charge on any atom is 1.00 e. The van der Waals surface area contributed by atoms with Crippen LogP contribution in [0.25, 0.3) is 10.8 Å². The van der Waals surface area contributed by atoms with Gasteiger partial charge in [-0.15, -0.1) is 0 Å². The Balaban J connectivity index is 0.00000840. The van der Waals surface area contributed by atoms with Gasteiger partial charge in [0, 0.05) is 12.8 Å². The van der Waals surface area contributed by atoms with E-state index in [1.807, 2.05) is 0 Å². The zero-order valence-corrected chi connectivity index (χ0v) is 22.5. The van der Waals surface area contributed by atoms with Crippen LogP contribution in [0.2, 0.25) is 0 Å². The Labute approximate surface area is 240 Å². The number of benzene rings is 2. The molecular formula is C20H11F16NaO3S. The van der Waals surface area contributed by atoms with Crippen molar-refractivity contribution in [3.8, 4) is 0 Å². The van der Waals surface area contributed by atoms with E-state index in [1.54, 1.807) is 0 Å². The SMILES string of the molecule is O=S(=O)([O-])c1c(CC(F)(F)C(F)(F)C(F)(F)C(F)F)c(CC(F)(F)C(F)(F)C(F)(F)C(F)F)cc2ccccc12.[Na+]. The first kappa shape index (κ1) is 37.5. The molecule has 21 heteroatoms. The van der Waals surface area contributed by atoms with Crippen LogP contribution in [-0.2, 0) is 23.0 Å². The van der Waals surface area contributed by atoms with E-state index < -0.39 is 98.1 Å². The summed E-state index contributed by atoms with van der Waals surface area (Å²) in [5.41, 5.74) is -4.42. The third-order valence-electron chi connectivity index (χ3n) is 5.56. The molecule has 0 amide bonds. The van der Waals surface area contributed by atoms with Gasteiger partial charge in [-0.3, -0.25) is 0 Å². The number of fused-ring (bicyclic) bond motifs is 1. The van der Waals surface area contributed by atoms with Gasteiger partial charge in [0.2, 0.25) is 0 Å². The summed E-state index contributed by atoms with van der Waals surface area (Å²) >= 11 is 0. The van der Waals surface area contributed by atoms with E-state index in [4.69, 9.17) is 0 Å². The molecule has 0 aliphatic carbocycles. The molecule has 0 unspecified atom stereocenters. The molecule has 3 nitrogen and oxygen atoms in total. The Kier molecular flexibility index (Phi) is 10.6. The predicted molar refractivity (Wildman–Crippen MR) is 101 cm³/mol. The first-order chi connectivity index (χ1) is 17.7. The minimum absolute atomic E-state index is 0. The van der Waals surface area contributed by atoms with Crippen LogP contribution < -0.4 is 29.6 Å². The van der Waals surface area contributed by atoms with E-state index in [-0.39, 0.29) is 35.6 Å². The van der Waals surface area contributed by atoms with E-state index in [0.29, 0.717) is 12.1 Å². The molecule has 41 heavy (non-hydrogen) atoms. The van der Waals surface area contributed by atoms with Crippen molar-refractivity contribution in [3.63, 3.8) is 0 Å². The summed E-state index contributed by atoms with van der Waals surface area (Å²) in [5.74, 6) is -40.9. The third kappa shape index (κ3) is 6.40. The van der Waals surface area contributed by atoms with Gasteiger partial charge in [0.05, 0.1) is 4.90 Å². The van der Waals surface area contributed by atoms with Gasteiger partial charge in [-0.2, -0.15) is 52.7 Å². The minimum Gasteiger partial charge on any atom is -0.744 e. The molecule has 0 aliphatic rings. The molecule has 0 saturated heterocycles. The Morgan fingerprint density at radius 1 is 0.683 bits per heavy atom. The molecule has 228 valence electrons. The van der Waals surface area contributed by atoms with Crippen LogP contribution in [0.1, 0.15) is 11.1 Å². The van der Waals surface area contributed by atoms with Crippen LogP contribution >= 0.6 is 0 Å². The molecule has 2 aromatic rings. The van der Waals surface area contributed by atoms with Crippen molar-refractivity contribution in [1.29, 1.82) is 0 Å². The van der Waals surface area contributed by atoms with E-state index in [1.165, 1.54) is 0 Å². The molecule has 0 saturated carbocycles. The van der Waals surface area contributed by atoms with Crippen molar-refractivity contribution >= 4 is 20.9 Å². The van der Waals surface area contributed by atoms with Crippen molar-refractivity contribution < 1.29 is 113 Å². The summed E-state index contributed by atoms with van der Waals surface area (Å²) in [5, 5.41) is -1.88. The first-order valence-electron chi connectivity index (χ1n) is 9.99. The first-order valence-corrected chi connectivity index (χ1v) is 11.4. The van der Waals surface area contributed by atoms with E-state index in [2.05, 4.69) is 0 Å². The Morgan fingerprint density at radius 3 is 1.46 bits per heavy atom. The number of rotatable bonds is 11. The standard InChI is InChI=1S/C20H12F16O3S.Na/c21-13(22)17(29,30)19(33,34)15(25,26)6-9-5-8-3-1-2-4-10(8)12(40(37,38)39)11(9)7-16(27,28)20(35,36)18(31,32)14(23)24;/h1-5,13-14H,6-7H2,(H,37,38,39);/q;+1/p-1. The second-order valence-electron chi connectivity index (χ2n) is 8.28. The maximum absolute atomic E-state index is 14.4. The topological polar surface area (TPSA) is 57.2 Å². The summed E-state index contributed by atoms with van der Waals surface area (Å²) in [6.45, 7) is 0. The van der Waals surface area contributed by atoms with Gasteiger partial charge in [-0.05, 0) is 21.9 Å². The molecule has 0 aromatic heterocycles. The average molecular weight is 658 g/mol. The van der Waals surface area contributed by atoms with Gasteiger partial charge < -0.3 is 4.55 Å². The maximum atomic E-state index is 14.4. The molecule has 0 heterocycles. The van der Waals surface area contributed by atoms with Gasteiger partial charge in [0.15, 0.2) is 0 Å². The third-order valence-corrected chi connectivity index (χ3v) is 6.53. The van der Waals surface area contributed by atoms with E-state index in [9.17, 15) is 83.2 Å². The average Bonchev–Trinajstić information content (AvgIpc) is 2.77. The molecule has 2 aromatic carbocycles. The molecular weight excluding hydrogens is 647 g/mol. The fraction of sp³-hybridized carbons (Fsp3) is 0.500. The van der Waals surface area contributed by atoms with Crippen LogP contribution in [-0.4, -0.2) is 61.4 Å². The summed E-state index contributed by atoms with van der Waals surface area (Å²) in [4.78, 5) is -2.18. The van der Waals surface area contributed by atoms with Gasteiger partial charge in [0.1, 0.15) is 10.1 Å². The molecule has 2 rings (SSSR count). The van der Waals surface area contributed by atoms with Crippen molar-refractivity contribution in [2.24, 2.45) is 0 Å². The van der Waals surface area contributed by atoms with Crippen LogP contribution in [0, 0.1) is 0 Å². The van der Waals surface area contributed by atoms with Crippen molar-refractivity contribution in [2.45, 2.75) is 66.1 Å². The zero-order chi connectivity index (χ0) is 31.5. The van der Waals surface area contributed by atoms with Crippen LogP contribution in [0.3, 0.4) is 0 Å². The molecule has 0 aliphatic heterocycles. The largest absolute Gasteiger partial charge is 1.00 e. The molecule has 0 radical (unpaired) electrons. The minimum atomic E-state index is -7.13. The van der Waals surface area contributed by atoms with Gasteiger partial charge >= 0.3 is 77.9 Å². The van der Waals surface area contributed by atoms with Crippen LogP contribution in [0.5, 0.6) is 0 Å². The Bertz CT molecular complexity index is 1360. The van der Waals surface area contributed by atoms with Crippen molar-refractivity contribution in [3.05, 3.63) is 41.5 Å². The molecule has 0 fully saturated rings. The second-order valence-corrected chi connectivity index (χ2v) is 9.59. The van der Waals surface area contributed by atoms with Crippen molar-refractivity contribution in [2.75, 3.05) is 0 Å². The normalized spacial score (nSPS) is 14.6. The van der Waals surface area contributed by atoms with E-state index >= 15 is 0 Å². The zero-order valence-electron chi connectivity index (χ0n) is 19.6. The fourth-order valence-electron chi connectivity index (χ4n) is 3.49. The quantitative estimate of drug-likeness (QED) is 0.207. The Hall–Kier alpha value is -1.51. The molecule has 0 bridgehead atoms. The van der Waals surface area contributed by atoms with Gasteiger partial charge in [-0.25, -0.2) is 26.0 Å². The smallest absolute Gasteiger partial charge is 0.744 e. The Morgan fingerprint density at radius 2 is 1.07 bits per heavy atom. The number of halogens is 16. The van der Waals surface area contributed by atoms with Crippen molar-refractivity contribution in [1.82, 2.24) is 0 Å². The second kappa shape index (κ2) is 11.5. The molecule has 0 spiro atoms. The monoisotopic (exact) mass is 658 g/mol. The van der Waals surface area contributed by atoms with Crippen LogP contribution in [0.15, 0.2) is 35.2 Å². The predicted octanol–water partition coefficient (Wildman–Crippen LogP) is 4.17. The number of hydrogen-bond acceptors (Lipinski definition) is 3. The molecule has 0 N–H and O–H groups in total. The number of alkyl halides is 16. The van der Waals surface area contributed by atoms with Crippen LogP contribution in [0.4, 0.5) is 70.2 Å². The summed E-state index contributed by atoms with van der Waals surface area (Å²) in [6, 6.07) is 2.96.